The van der Waals surface area contributed by atoms with Crippen molar-refractivity contribution in [3.63, 3.8) is 0 Å². The Morgan fingerprint density at radius 3 is 2.61 bits per heavy atom. The molecule has 0 unspecified atom stereocenters. The topological polar surface area (TPSA) is 50.3 Å². The number of hydrogen-bond acceptors (Lipinski definition) is 3. The van der Waals surface area contributed by atoms with Crippen LogP contribution >= 0.6 is 0 Å². The molecular formula is C13H18N2O2S. The van der Waals surface area contributed by atoms with Crippen molar-refractivity contribution in [2.45, 2.75) is 19.8 Å². The van der Waals surface area contributed by atoms with E-state index < -0.39 is 10.0 Å². The molecule has 1 aromatic heterocycles. The first-order valence-corrected chi connectivity index (χ1v) is 7.51. The lowest BCUT2D eigenvalue weighted by Crippen LogP contribution is -2.34. The molecule has 18 heavy (non-hydrogen) atoms. The van der Waals surface area contributed by atoms with E-state index in [0.717, 1.165) is 12.0 Å². The van der Waals surface area contributed by atoms with Crippen molar-refractivity contribution in [3.05, 3.63) is 30.1 Å². The van der Waals surface area contributed by atoms with E-state index in [1.807, 2.05) is 19.1 Å². The lowest BCUT2D eigenvalue weighted by atomic mass is 10.2. The Bertz CT molecular complexity index is 491. The molecule has 0 fully saturated rings. The van der Waals surface area contributed by atoms with Crippen molar-refractivity contribution in [2.24, 2.45) is 0 Å². The number of aryl methyl sites for hydroxylation is 1. The molecule has 0 aliphatic rings. The largest absolute Gasteiger partial charge is 0.265 e. The molecule has 1 heterocycles. The Labute approximate surface area is 109 Å². The van der Waals surface area contributed by atoms with Gasteiger partial charge in [-0.05, 0) is 30.5 Å². The van der Waals surface area contributed by atoms with E-state index in [4.69, 9.17) is 6.42 Å². The van der Waals surface area contributed by atoms with Gasteiger partial charge < -0.3 is 0 Å². The third kappa shape index (κ3) is 4.47. The molecule has 1 aromatic rings. The highest BCUT2D eigenvalue weighted by Gasteiger charge is 2.19. The third-order valence-corrected chi connectivity index (χ3v) is 4.35. The van der Waals surface area contributed by atoms with Gasteiger partial charge in [0.2, 0.25) is 10.0 Å². The van der Waals surface area contributed by atoms with E-state index in [0.29, 0.717) is 13.0 Å². The number of nitrogens with zero attached hydrogens (tertiary/aromatic N) is 2. The summed E-state index contributed by atoms with van der Waals surface area (Å²) in [5.41, 5.74) is 0.964. The highest BCUT2D eigenvalue weighted by atomic mass is 32.2. The quantitative estimate of drug-likeness (QED) is 0.699. The fraction of sp³-hybridized carbons (Fsp3) is 0.462. The van der Waals surface area contributed by atoms with Gasteiger partial charge in [0.15, 0.2) is 0 Å². The zero-order valence-electron chi connectivity index (χ0n) is 10.5. The third-order valence-electron chi connectivity index (χ3n) is 2.53. The van der Waals surface area contributed by atoms with E-state index in [-0.39, 0.29) is 12.3 Å². The maximum atomic E-state index is 12.1. The lowest BCUT2D eigenvalue weighted by Gasteiger charge is -2.18. The molecule has 98 valence electrons. The van der Waals surface area contributed by atoms with Crippen molar-refractivity contribution in [1.82, 2.24) is 9.29 Å². The lowest BCUT2D eigenvalue weighted by molar-refractivity contribution is 0.445. The summed E-state index contributed by atoms with van der Waals surface area (Å²) in [5.74, 6) is 2.48. The van der Waals surface area contributed by atoms with Crippen LogP contribution in [0.2, 0.25) is 0 Å². The number of hydrogen-bond donors (Lipinski definition) is 0. The minimum atomic E-state index is -3.27. The number of sulfonamides is 1. The molecule has 0 amide bonds. The number of aromatic nitrogens is 1. The van der Waals surface area contributed by atoms with Crippen molar-refractivity contribution in [3.8, 4) is 12.3 Å². The van der Waals surface area contributed by atoms with Crippen LogP contribution < -0.4 is 0 Å². The Morgan fingerprint density at radius 1 is 1.39 bits per heavy atom. The molecule has 5 heteroatoms. The second-order valence-electron chi connectivity index (χ2n) is 3.96. The van der Waals surface area contributed by atoms with Crippen molar-refractivity contribution in [1.29, 1.82) is 0 Å². The summed E-state index contributed by atoms with van der Waals surface area (Å²) in [4.78, 5) is 3.90. The second-order valence-corrected chi connectivity index (χ2v) is 6.05. The predicted octanol–water partition coefficient (Wildman–Crippen LogP) is 1.30. The smallest absolute Gasteiger partial charge is 0.215 e. The van der Waals surface area contributed by atoms with Crippen molar-refractivity contribution >= 4 is 10.0 Å². The van der Waals surface area contributed by atoms with Gasteiger partial charge in [0, 0.05) is 18.9 Å². The van der Waals surface area contributed by atoms with Crippen LogP contribution in [0.3, 0.4) is 0 Å². The molecule has 0 radical (unpaired) electrons. The van der Waals surface area contributed by atoms with Crippen LogP contribution in [0.4, 0.5) is 0 Å². The van der Waals surface area contributed by atoms with Crippen molar-refractivity contribution < 1.29 is 8.42 Å². The van der Waals surface area contributed by atoms with Crippen molar-refractivity contribution in [2.75, 3.05) is 18.8 Å². The average molecular weight is 266 g/mol. The molecule has 4 nitrogen and oxygen atoms in total. The van der Waals surface area contributed by atoms with E-state index in [9.17, 15) is 8.42 Å². The van der Waals surface area contributed by atoms with E-state index >= 15 is 0 Å². The Morgan fingerprint density at radius 2 is 2.06 bits per heavy atom. The van der Waals surface area contributed by atoms with Crippen LogP contribution in [0.25, 0.3) is 0 Å². The summed E-state index contributed by atoms with van der Waals surface area (Å²) in [7, 11) is -3.27. The summed E-state index contributed by atoms with van der Waals surface area (Å²) in [6, 6.07) is 3.64. The molecule has 0 aliphatic heterocycles. The van der Waals surface area contributed by atoms with Crippen LogP contribution in [0.5, 0.6) is 0 Å². The van der Waals surface area contributed by atoms with Gasteiger partial charge in [-0.1, -0.05) is 12.8 Å². The average Bonchev–Trinajstić information content (AvgIpc) is 2.37. The number of terminal acetylenes is 1. The Kier molecular flexibility index (Phi) is 5.83. The second kappa shape index (κ2) is 7.14. The minimum absolute atomic E-state index is 0.0820. The number of rotatable bonds is 7. The van der Waals surface area contributed by atoms with Crippen LogP contribution in [0, 0.1) is 12.3 Å². The maximum absolute atomic E-state index is 12.1. The molecule has 0 bridgehead atoms. The first kappa shape index (κ1) is 14.7. The summed E-state index contributed by atoms with van der Waals surface area (Å²) in [5, 5.41) is 0. The molecule has 0 atom stereocenters. The first-order chi connectivity index (χ1) is 8.60. The normalized spacial score (nSPS) is 11.4. The first-order valence-electron chi connectivity index (χ1n) is 5.90. The Hall–Kier alpha value is -1.38. The molecule has 0 saturated carbocycles. The number of pyridine rings is 1. The molecule has 0 aromatic carbocycles. The summed E-state index contributed by atoms with van der Waals surface area (Å²) in [6.07, 6.45) is 9.76. The van der Waals surface area contributed by atoms with Gasteiger partial charge in [-0.25, -0.2) is 8.42 Å². The van der Waals surface area contributed by atoms with Gasteiger partial charge in [-0.15, -0.1) is 6.42 Å². The molecular weight excluding hydrogens is 248 g/mol. The monoisotopic (exact) mass is 266 g/mol. The fourth-order valence-corrected chi connectivity index (χ4v) is 3.08. The zero-order valence-corrected chi connectivity index (χ0v) is 11.4. The molecule has 0 spiro atoms. The summed E-state index contributed by atoms with van der Waals surface area (Å²) < 4.78 is 25.6. The highest BCUT2D eigenvalue weighted by Crippen LogP contribution is 2.06. The predicted molar refractivity (Wildman–Crippen MR) is 72.4 cm³/mol. The molecule has 0 saturated heterocycles. The SMILES string of the molecule is C#CCN(CCC)S(=O)(=O)CCc1ccncc1. The van der Waals surface area contributed by atoms with Gasteiger partial charge in [0.1, 0.15) is 0 Å². The standard InChI is InChI=1S/C13H18N2O2S/c1-3-10-15(11-4-2)18(16,17)12-7-13-5-8-14-9-6-13/h1,5-6,8-9H,4,7,10-12H2,2H3. The maximum Gasteiger partial charge on any atom is 0.215 e. The van der Waals surface area contributed by atoms with E-state index in [1.165, 1.54) is 4.31 Å². The zero-order chi connectivity index (χ0) is 13.4. The van der Waals surface area contributed by atoms with Gasteiger partial charge in [-0.2, -0.15) is 4.31 Å². The van der Waals surface area contributed by atoms with Crippen LogP contribution in [0.15, 0.2) is 24.5 Å². The molecule has 1 rings (SSSR count). The van der Waals surface area contributed by atoms with Crippen LogP contribution in [0.1, 0.15) is 18.9 Å². The fourth-order valence-electron chi connectivity index (χ4n) is 1.59. The van der Waals surface area contributed by atoms with Gasteiger partial charge in [0.25, 0.3) is 0 Å². The van der Waals surface area contributed by atoms with E-state index in [1.54, 1.807) is 12.4 Å². The van der Waals surface area contributed by atoms with E-state index in [2.05, 4.69) is 10.9 Å². The van der Waals surface area contributed by atoms with Gasteiger partial charge in [0.05, 0.1) is 12.3 Å². The summed E-state index contributed by atoms with van der Waals surface area (Å²) >= 11 is 0. The van der Waals surface area contributed by atoms with Gasteiger partial charge >= 0.3 is 0 Å². The molecule has 0 aliphatic carbocycles. The highest BCUT2D eigenvalue weighted by molar-refractivity contribution is 7.89. The Balaban J connectivity index is 2.66. The minimum Gasteiger partial charge on any atom is -0.265 e. The van der Waals surface area contributed by atoms with Crippen LogP contribution in [-0.2, 0) is 16.4 Å². The van der Waals surface area contributed by atoms with Gasteiger partial charge in [-0.3, -0.25) is 4.98 Å². The molecule has 0 N–H and O–H groups in total. The van der Waals surface area contributed by atoms with Crippen LogP contribution in [-0.4, -0.2) is 36.5 Å². The summed E-state index contributed by atoms with van der Waals surface area (Å²) in [6.45, 7) is 2.55.